The molecule has 0 unspecified atom stereocenters. The average Bonchev–Trinajstić information content (AvgIpc) is 1.58. The van der Waals surface area contributed by atoms with Gasteiger partial charge in [0, 0.05) is 81.0 Å². The van der Waals surface area contributed by atoms with E-state index in [-0.39, 0.29) is 0 Å². The highest BCUT2D eigenvalue weighted by molar-refractivity contribution is 6.22. The fourth-order valence-corrected chi connectivity index (χ4v) is 19.5. The molecule has 9 heteroatoms. The van der Waals surface area contributed by atoms with Gasteiger partial charge in [0.15, 0.2) is 11.6 Å². The lowest BCUT2D eigenvalue weighted by atomic mass is 9.93. The molecule has 0 bridgehead atoms. The number of benzene rings is 19. The summed E-state index contributed by atoms with van der Waals surface area (Å²) < 4.78 is 16.8. The first-order chi connectivity index (χ1) is 57.0. The van der Waals surface area contributed by atoms with Crippen LogP contribution >= 0.6 is 0 Å². The number of aromatic nitrogens is 8. The van der Waals surface area contributed by atoms with Crippen molar-refractivity contribution < 1.29 is 4.42 Å². The van der Waals surface area contributed by atoms with Gasteiger partial charge in [-0.05, 0) is 198 Å². The zero-order valence-electron chi connectivity index (χ0n) is 61.6. The van der Waals surface area contributed by atoms with Crippen molar-refractivity contribution in [3.8, 4) is 56.9 Å². The van der Waals surface area contributed by atoms with Gasteiger partial charge >= 0.3 is 0 Å². The smallest absolute Gasteiger partial charge is 0.165 e. The van der Waals surface area contributed by atoms with Gasteiger partial charge in [-0.2, -0.15) is 0 Å². The Morgan fingerprint density at radius 3 is 1.20 bits per heavy atom. The number of hydrogen-bond acceptors (Lipinski definition) is 5. The van der Waals surface area contributed by atoms with Crippen LogP contribution in [0.5, 0.6) is 0 Å². The van der Waals surface area contributed by atoms with Crippen LogP contribution in [0.3, 0.4) is 0 Å². The predicted octanol–water partition coefficient (Wildman–Crippen LogP) is 27.8. The Balaban J connectivity index is 0.638. The van der Waals surface area contributed by atoms with E-state index in [1.165, 1.54) is 54.1 Å². The Bertz CT molecular complexity index is 8830. The first-order valence-corrected chi connectivity index (χ1v) is 39.2. The maximum Gasteiger partial charge on any atom is 0.165 e. The second kappa shape index (κ2) is 23.5. The molecule has 0 saturated carbocycles. The molecule has 115 heavy (non-hydrogen) atoms. The summed E-state index contributed by atoms with van der Waals surface area (Å²) in [4.78, 5) is 22.3. The molecule has 0 N–H and O–H groups in total. The Morgan fingerprint density at radius 2 is 0.600 bits per heavy atom. The van der Waals surface area contributed by atoms with E-state index in [0.29, 0.717) is 11.6 Å². The van der Waals surface area contributed by atoms with Crippen molar-refractivity contribution in [2.45, 2.75) is 0 Å². The van der Waals surface area contributed by atoms with Crippen molar-refractivity contribution in [2.75, 3.05) is 0 Å². The molecular weight excluding hydrogens is 1400 g/mol. The lowest BCUT2D eigenvalue weighted by Gasteiger charge is -2.15. The fourth-order valence-electron chi connectivity index (χ4n) is 19.5. The van der Waals surface area contributed by atoms with E-state index in [2.05, 4.69) is 376 Å². The summed E-state index contributed by atoms with van der Waals surface area (Å²) >= 11 is 0. The first-order valence-electron chi connectivity index (χ1n) is 39.2. The lowest BCUT2D eigenvalue weighted by Crippen LogP contribution is -2.03. The van der Waals surface area contributed by atoms with Gasteiger partial charge in [0.05, 0.1) is 72.1 Å². The topological polar surface area (TPSA) is 84.4 Å². The van der Waals surface area contributed by atoms with Gasteiger partial charge < -0.3 is 13.6 Å². The Hall–Kier alpha value is -15.6. The van der Waals surface area contributed by atoms with Gasteiger partial charge in [0.25, 0.3) is 0 Å². The molecule has 0 aliphatic rings. The third kappa shape index (κ3) is 8.97. The van der Waals surface area contributed by atoms with Crippen LogP contribution < -0.4 is 0 Å². The Labute approximate surface area is 654 Å². The maximum absolute atomic E-state index is 7.07. The molecule has 26 aromatic rings. The molecule has 9 nitrogen and oxygen atoms in total. The van der Waals surface area contributed by atoms with Crippen molar-refractivity contribution >= 4 is 196 Å². The first kappa shape index (κ1) is 62.2. The van der Waals surface area contributed by atoms with E-state index >= 15 is 0 Å². The van der Waals surface area contributed by atoms with Gasteiger partial charge in [-0.15, -0.1) is 0 Å². The third-order valence-electron chi connectivity index (χ3n) is 24.6. The lowest BCUT2D eigenvalue weighted by molar-refractivity contribution is 0.669. The molecular formula is C106H60N8O. The zero-order chi connectivity index (χ0) is 74.8. The summed E-state index contributed by atoms with van der Waals surface area (Å²) in [7, 11) is 0. The Morgan fingerprint density at radius 1 is 0.191 bits per heavy atom. The molecule has 19 aromatic carbocycles. The highest BCUT2D eigenvalue weighted by atomic mass is 16.3. The van der Waals surface area contributed by atoms with E-state index in [1.807, 2.05) is 6.07 Å². The van der Waals surface area contributed by atoms with E-state index in [1.54, 1.807) is 0 Å². The highest BCUT2D eigenvalue weighted by Gasteiger charge is 2.27. The van der Waals surface area contributed by atoms with Crippen molar-refractivity contribution in [2.24, 2.45) is 0 Å². The molecule has 530 valence electrons. The van der Waals surface area contributed by atoms with Crippen LogP contribution in [0.1, 0.15) is 0 Å². The Kier molecular flexibility index (Phi) is 12.7. The summed E-state index contributed by atoms with van der Waals surface area (Å²) in [5.74, 6) is 2.87. The highest BCUT2D eigenvalue weighted by Crippen LogP contribution is 2.48. The second-order valence-electron chi connectivity index (χ2n) is 30.8. The van der Waals surface area contributed by atoms with Crippen LogP contribution in [0.25, 0.3) is 253 Å². The van der Waals surface area contributed by atoms with Gasteiger partial charge in [-0.3, -0.25) is 9.13 Å². The summed E-state index contributed by atoms with van der Waals surface area (Å²) in [5.41, 5.74) is 18.2. The monoisotopic (exact) mass is 1460 g/mol. The predicted molar refractivity (Wildman–Crippen MR) is 479 cm³/mol. The van der Waals surface area contributed by atoms with Crippen LogP contribution in [0.2, 0.25) is 0 Å². The van der Waals surface area contributed by atoms with Gasteiger partial charge in [0.1, 0.15) is 22.8 Å². The molecule has 0 spiro atoms. The number of rotatable bonds is 7. The van der Waals surface area contributed by atoms with Crippen LogP contribution in [0.4, 0.5) is 0 Å². The largest absolute Gasteiger partial charge is 0.455 e. The molecule has 0 aliphatic carbocycles. The summed E-state index contributed by atoms with van der Waals surface area (Å²) in [6.45, 7) is 0. The number of nitrogens with zero attached hydrogens (tertiary/aromatic N) is 8. The molecule has 0 amide bonds. The fraction of sp³-hybridized carbons (Fsp3) is 0. The van der Waals surface area contributed by atoms with Crippen molar-refractivity contribution in [1.29, 1.82) is 0 Å². The average molecular weight is 1460 g/mol. The molecule has 26 rings (SSSR count). The summed E-state index contributed by atoms with van der Waals surface area (Å²) in [6, 6.07) is 133. The summed E-state index contributed by atoms with van der Waals surface area (Å²) in [5, 5.41) is 27.3. The zero-order valence-corrected chi connectivity index (χ0v) is 61.6. The summed E-state index contributed by atoms with van der Waals surface area (Å²) in [6.07, 6.45) is 0. The quantitative estimate of drug-likeness (QED) is 0.148. The number of para-hydroxylation sites is 7. The number of hydrogen-bond donors (Lipinski definition) is 0. The van der Waals surface area contributed by atoms with Crippen molar-refractivity contribution in [3.63, 3.8) is 0 Å². The van der Waals surface area contributed by atoms with Crippen LogP contribution in [-0.4, -0.2) is 38.2 Å². The third-order valence-corrected chi connectivity index (χ3v) is 24.6. The molecule has 7 heterocycles. The molecule has 7 aromatic heterocycles. The van der Waals surface area contributed by atoms with Crippen LogP contribution in [0.15, 0.2) is 368 Å². The minimum absolute atomic E-state index is 0.567. The normalized spacial score (nSPS) is 12.3. The molecule has 0 atom stereocenters. The van der Waals surface area contributed by atoms with E-state index in [9.17, 15) is 0 Å². The maximum atomic E-state index is 7.07. The van der Waals surface area contributed by atoms with Crippen molar-refractivity contribution in [1.82, 2.24) is 38.2 Å². The van der Waals surface area contributed by atoms with Gasteiger partial charge in [-0.1, -0.05) is 231 Å². The minimum atomic E-state index is 0.567. The molecule has 0 radical (unpaired) electrons. The molecule has 0 aliphatic heterocycles. The van der Waals surface area contributed by atoms with Gasteiger partial charge in [0.2, 0.25) is 0 Å². The van der Waals surface area contributed by atoms with Crippen LogP contribution in [-0.2, 0) is 0 Å². The van der Waals surface area contributed by atoms with Gasteiger partial charge in [-0.25, -0.2) is 19.9 Å². The van der Waals surface area contributed by atoms with E-state index < -0.39 is 0 Å². The SMILES string of the molecule is c1ccc2cc3c(cc2c1)c1ccccc1n3-c1cccc2cc3c(cc12)c1ccccc1n3-c1nc(-c2cc(-c3cccc4cc5c(cc34)c3ccccc3n5-c3cccc4cc5c(cc34)c3ccccc3n5-c3nc(-c4ccc5c(ccc6ccccc65)c4)nc4ccccc34)cc3c2oc2ccccc23)nc2ccccc12. The van der Waals surface area contributed by atoms with E-state index in [4.69, 9.17) is 24.4 Å². The van der Waals surface area contributed by atoms with Crippen molar-refractivity contribution in [3.05, 3.63) is 364 Å². The van der Waals surface area contributed by atoms with E-state index in [0.717, 1.165) is 187 Å². The second-order valence-corrected chi connectivity index (χ2v) is 30.8. The minimum Gasteiger partial charge on any atom is -0.455 e. The van der Waals surface area contributed by atoms with Crippen LogP contribution in [0, 0.1) is 0 Å². The number of furan rings is 1. The molecule has 0 fully saturated rings. The standard InChI is InChI=1S/C106H60N8O/c1-2-24-63-54-97-83(51-62(63)23-1)73-29-7-14-39-91(73)111(97)95-43-20-26-66-57-100-86(59-81(66)95)76-32-10-17-42-94(76)114(100)106-79-35-6-13-38-90(79)108-104(110-106)88-53-69(52-87-77-33-11-18-45-101(77)115-102(87)88)71-36-19-25-64-55-98-84(58-80(64)71)74-30-8-15-40-92(74)112(98)96-44-21-27-65-56-99-85(60-82(65)96)75-31-9-16-41-93(75)113(99)105-78-34-5-12-37-89(78)107-103(109-105)68-48-49-72-67(50-68)47-46-61-22-3-4-28-70(61)72/h1-60H. The number of fused-ring (bicyclic) bond motifs is 24. The molecule has 0 saturated heterocycles.